The van der Waals surface area contributed by atoms with Gasteiger partial charge in [0.25, 0.3) is 5.91 Å². The molecule has 1 amide bonds. The average Bonchev–Trinajstić information content (AvgIpc) is 3.20. The molecule has 6 nitrogen and oxygen atoms in total. The molecule has 0 saturated carbocycles. The van der Waals surface area contributed by atoms with E-state index in [1.807, 2.05) is 43.3 Å². The number of carboxylic acids is 1. The van der Waals surface area contributed by atoms with Crippen molar-refractivity contribution in [1.29, 1.82) is 5.26 Å². The van der Waals surface area contributed by atoms with E-state index in [1.54, 1.807) is 35.0 Å². The summed E-state index contributed by atoms with van der Waals surface area (Å²) in [6, 6.07) is 21.1. The number of carbonyl (C=O) groups is 2. The normalized spacial score (nSPS) is 12.1. The number of carboxylic acid groups (broad SMARTS) is 1. The highest BCUT2D eigenvalue weighted by atomic mass is 16.4. The first kappa shape index (κ1) is 19.6. The summed E-state index contributed by atoms with van der Waals surface area (Å²) in [6.07, 6.45) is 3.29. The highest BCUT2D eigenvalue weighted by Crippen LogP contribution is 2.18. The summed E-state index contributed by atoms with van der Waals surface area (Å²) in [5.74, 6) is -1.46. The first-order chi connectivity index (χ1) is 14.0. The zero-order valence-corrected chi connectivity index (χ0v) is 15.7. The quantitative estimate of drug-likeness (QED) is 0.496. The van der Waals surface area contributed by atoms with Crippen molar-refractivity contribution in [3.63, 3.8) is 0 Å². The van der Waals surface area contributed by atoms with Gasteiger partial charge in [0.15, 0.2) is 0 Å². The van der Waals surface area contributed by atoms with Crippen molar-refractivity contribution >= 4 is 18.0 Å². The Kier molecular flexibility index (Phi) is 5.91. The van der Waals surface area contributed by atoms with Crippen molar-refractivity contribution in [3.05, 3.63) is 95.3 Å². The van der Waals surface area contributed by atoms with E-state index >= 15 is 0 Å². The van der Waals surface area contributed by atoms with Crippen LogP contribution in [0.3, 0.4) is 0 Å². The molecule has 29 heavy (non-hydrogen) atoms. The van der Waals surface area contributed by atoms with Crippen molar-refractivity contribution in [1.82, 2.24) is 9.88 Å². The molecule has 0 spiro atoms. The molecule has 2 aromatic carbocycles. The van der Waals surface area contributed by atoms with Gasteiger partial charge in [0, 0.05) is 17.6 Å². The van der Waals surface area contributed by atoms with Crippen molar-refractivity contribution in [2.24, 2.45) is 0 Å². The van der Waals surface area contributed by atoms with Crippen LogP contribution in [0.2, 0.25) is 0 Å². The number of benzene rings is 2. The summed E-state index contributed by atoms with van der Waals surface area (Å²) in [4.78, 5) is 23.6. The molecule has 0 unspecified atom stereocenters. The van der Waals surface area contributed by atoms with Crippen LogP contribution in [0.25, 0.3) is 11.8 Å². The van der Waals surface area contributed by atoms with Gasteiger partial charge in [0.2, 0.25) is 0 Å². The number of carbonyl (C=O) groups excluding carboxylic acids is 1. The van der Waals surface area contributed by atoms with Crippen LogP contribution in [0.15, 0.2) is 78.5 Å². The number of hydrogen-bond donors (Lipinski definition) is 2. The second-order valence-electron chi connectivity index (χ2n) is 6.43. The first-order valence-electron chi connectivity index (χ1n) is 8.98. The Morgan fingerprint density at radius 1 is 1.07 bits per heavy atom. The molecule has 3 aromatic rings. The lowest BCUT2D eigenvalue weighted by atomic mass is 10.1. The molecule has 0 aliphatic rings. The van der Waals surface area contributed by atoms with Gasteiger partial charge in [-0.25, -0.2) is 4.79 Å². The van der Waals surface area contributed by atoms with Crippen molar-refractivity contribution in [3.8, 4) is 11.8 Å². The second-order valence-corrected chi connectivity index (χ2v) is 6.43. The number of aromatic nitrogens is 1. The van der Waals surface area contributed by atoms with Gasteiger partial charge in [0.1, 0.15) is 11.6 Å². The third-order valence-corrected chi connectivity index (χ3v) is 4.48. The summed E-state index contributed by atoms with van der Waals surface area (Å²) < 4.78 is 1.77. The molecular formula is C23H19N3O3. The highest BCUT2D eigenvalue weighted by Gasteiger charge is 2.15. The Labute approximate surface area is 168 Å². The summed E-state index contributed by atoms with van der Waals surface area (Å²) >= 11 is 0. The fraction of sp³-hybridized carbons (Fsp3) is 0.0870. The van der Waals surface area contributed by atoms with Gasteiger partial charge < -0.3 is 15.0 Å². The standard InChI is InChI=1S/C23H19N3O3/c1-16(17-6-3-2-4-7-17)25-22(27)19(15-24)14-21-8-5-13-26(21)20-11-9-18(10-12-20)23(28)29/h2-14,16H,1H3,(H,25,27)(H,28,29)/b19-14-/t16-/m0/s1. The molecule has 0 bridgehead atoms. The summed E-state index contributed by atoms with van der Waals surface area (Å²) in [6.45, 7) is 1.86. The minimum atomic E-state index is -1.000. The molecule has 0 aliphatic heterocycles. The fourth-order valence-corrected chi connectivity index (χ4v) is 2.91. The predicted octanol–water partition coefficient (Wildman–Crippen LogP) is 3.96. The van der Waals surface area contributed by atoms with Gasteiger partial charge >= 0.3 is 5.97 Å². The summed E-state index contributed by atoms with van der Waals surface area (Å²) in [5.41, 5.74) is 2.47. The van der Waals surface area contributed by atoms with E-state index in [-0.39, 0.29) is 17.2 Å². The van der Waals surface area contributed by atoms with Crippen molar-refractivity contribution in [2.45, 2.75) is 13.0 Å². The van der Waals surface area contributed by atoms with Gasteiger partial charge in [-0.05, 0) is 55.0 Å². The van der Waals surface area contributed by atoms with Gasteiger partial charge in [0.05, 0.1) is 11.6 Å². The molecule has 3 rings (SSSR count). The van der Waals surface area contributed by atoms with Crippen LogP contribution in [0.5, 0.6) is 0 Å². The van der Waals surface area contributed by atoms with Gasteiger partial charge in [-0.1, -0.05) is 30.3 Å². The third kappa shape index (κ3) is 4.60. The fourth-order valence-electron chi connectivity index (χ4n) is 2.91. The summed E-state index contributed by atoms with van der Waals surface area (Å²) in [5, 5.41) is 21.3. The lowest BCUT2D eigenvalue weighted by Crippen LogP contribution is -2.27. The monoisotopic (exact) mass is 385 g/mol. The number of nitrogens with one attached hydrogen (secondary N) is 1. The van der Waals surface area contributed by atoms with E-state index in [0.29, 0.717) is 5.69 Å². The molecule has 1 aromatic heterocycles. The Morgan fingerprint density at radius 2 is 1.76 bits per heavy atom. The van der Waals surface area contributed by atoms with Gasteiger partial charge in [-0.2, -0.15) is 5.26 Å². The zero-order chi connectivity index (χ0) is 20.8. The number of aromatic carboxylic acids is 1. The SMILES string of the molecule is C[C@H](NC(=O)/C(C#N)=C\c1cccn1-c1ccc(C(=O)O)cc1)c1ccccc1. The van der Waals surface area contributed by atoms with E-state index in [1.165, 1.54) is 18.2 Å². The van der Waals surface area contributed by atoms with Crippen molar-refractivity contribution in [2.75, 3.05) is 0 Å². The van der Waals surface area contributed by atoms with Crippen LogP contribution in [-0.2, 0) is 4.79 Å². The number of hydrogen-bond acceptors (Lipinski definition) is 3. The molecule has 1 atom stereocenters. The summed E-state index contributed by atoms with van der Waals surface area (Å²) in [7, 11) is 0. The molecule has 6 heteroatoms. The van der Waals surface area contributed by atoms with Crippen LogP contribution in [-0.4, -0.2) is 21.6 Å². The Hall–Kier alpha value is -4.11. The number of rotatable bonds is 6. The minimum absolute atomic E-state index is 0.0186. The molecule has 0 aliphatic carbocycles. The smallest absolute Gasteiger partial charge is 0.335 e. The van der Waals surface area contributed by atoms with E-state index < -0.39 is 11.9 Å². The number of nitriles is 1. The second kappa shape index (κ2) is 8.72. The third-order valence-electron chi connectivity index (χ3n) is 4.48. The lowest BCUT2D eigenvalue weighted by molar-refractivity contribution is -0.117. The maximum Gasteiger partial charge on any atom is 0.335 e. The molecule has 0 saturated heterocycles. The van der Waals surface area contributed by atoms with Gasteiger partial charge in [-0.3, -0.25) is 4.79 Å². The lowest BCUT2D eigenvalue weighted by Gasteiger charge is -2.14. The van der Waals surface area contributed by atoms with Gasteiger partial charge in [-0.15, -0.1) is 0 Å². The van der Waals surface area contributed by atoms with E-state index in [2.05, 4.69) is 5.32 Å². The average molecular weight is 385 g/mol. The van der Waals surface area contributed by atoms with E-state index in [0.717, 1.165) is 11.3 Å². The Morgan fingerprint density at radius 3 is 2.38 bits per heavy atom. The maximum atomic E-state index is 12.6. The molecular weight excluding hydrogens is 366 g/mol. The number of nitrogens with zero attached hydrogens (tertiary/aromatic N) is 2. The molecule has 1 heterocycles. The molecule has 0 fully saturated rings. The predicted molar refractivity (Wildman–Crippen MR) is 109 cm³/mol. The van der Waals surface area contributed by atoms with Crippen LogP contribution < -0.4 is 5.32 Å². The van der Waals surface area contributed by atoms with Crippen molar-refractivity contribution < 1.29 is 14.7 Å². The molecule has 0 radical (unpaired) electrons. The van der Waals surface area contributed by atoms with Crippen LogP contribution >= 0.6 is 0 Å². The largest absolute Gasteiger partial charge is 0.478 e. The molecule has 2 N–H and O–H groups in total. The van der Waals surface area contributed by atoms with Crippen LogP contribution in [0.4, 0.5) is 0 Å². The first-order valence-corrected chi connectivity index (χ1v) is 8.98. The Bertz CT molecular complexity index is 1090. The van der Waals surface area contributed by atoms with Crippen LogP contribution in [0.1, 0.15) is 34.6 Å². The van der Waals surface area contributed by atoms with Crippen LogP contribution in [0, 0.1) is 11.3 Å². The van der Waals surface area contributed by atoms with E-state index in [9.17, 15) is 14.9 Å². The highest BCUT2D eigenvalue weighted by molar-refractivity contribution is 6.01. The topological polar surface area (TPSA) is 95.1 Å². The van der Waals surface area contributed by atoms with E-state index in [4.69, 9.17) is 5.11 Å². The zero-order valence-electron chi connectivity index (χ0n) is 15.7. The minimum Gasteiger partial charge on any atom is -0.478 e. The number of amides is 1. The molecule has 144 valence electrons. The maximum absolute atomic E-state index is 12.6. The Balaban J connectivity index is 1.83.